The molecule has 0 saturated heterocycles. The third-order valence-electron chi connectivity index (χ3n) is 1.98. The lowest BCUT2D eigenvalue weighted by Crippen LogP contribution is -2.09. The molecule has 2 aromatic rings. The van der Waals surface area contributed by atoms with E-state index in [1.54, 1.807) is 0 Å². The maximum absolute atomic E-state index is 12.8. The average Bonchev–Trinajstić information content (AvgIpc) is 2.32. The number of hydrogen-bond donors (Lipinski definition) is 1. The molecular formula is C10H6ClF3N4S. The zero-order chi connectivity index (χ0) is 14.0. The summed E-state index contributed by atoms with van der Waals surface area (Å²) in [5.41, 5.74) is 4.56. The predicted octanol–water partition coefficient (Wildman–Crippen LogP) is 3.28. The van der Waals surface area contributed by atoms with Gasteiger partial charge in [-0.15, -0.1) is 0 Å². The summed E-state index contributed by atoms with van der Waals surface area (Å²) >= 11 is 6.31. The summed E-state index contributed by atoms with van der Waals surface area (Å²) in [6.45, 7) is 0. The Morgan fingerprint density at radius 3 is 2.63 bits per heavy atom. The van der Waals surface area contributed by atoms with Crippen LogP contribution in [0.5, 0.6) is 0 Å². The quantitative estimate of drug-likeness (QED) is 0.922. The van der Waals surface area contributed by atoms with Crippen molar-refractivity contribution in [2.75, 3.05) is 5.73 Å². The van der Waals surface area contributed by atoms with Crippen molar-refractivity contribution in [1.82, 2.24) is 15.0 Å². The lowest BCUT2D eigenvalue weighted by atomic mass is 10.3. The van der Waals surface area contributed by atoms with Crippen molar-refractivity contribution in [2.24, 2.45) is 0 Å². The van der Waals surface area contributed by atoms with Crippen molar-refractivity contribution in [3.8, 4) is 0 Å². The molecule has 4 nitrogen and oxygen atoms in total. The number of anilines is 1. The molecular weight excluding hydrogens is 301 g/mol. The van der Waals surface area contributed by atoms with Crippen molar-refractivity contribution in [2.45, 2.75) is 16.1 Å². The molecule has 0 fully saturated rings. The summed E-state index contributed by atoms with van der Waals surface area (Å²) < 4.78 is 38.3. The van der Waals surface area contributed by atoms with E-state index in [0.29, 0.717) is 0 Å². The molecule has 0 saturated carbocycles. The van der Waals surface area contributed by atoms with Crippen molar-refractivity contribution in [3.63, 3.8) is 0 Å². The highest BCUT2D eigenvalue weighted by molar-refractivity contribution is 7.99. The Morgan fingerprint density at radius 1 is 1.26 bits per heavy atom. The first-order valence-electron chi connectivity index (χ1n) is 4.86. The molecule has 0 radical (unpaired) electrons. The highest BCUT2D eigenvalue weighted by atomic mass is 35.5. The van der Waals surface area contributed by atoms with Gasteiger partial charge in [0.25, 0.3) is 0 Å². The summed E-state index contributed by atoms with van der Waals surface area (Å²) in [6, 6.07) is 2.69. The van der Waals surface area contributed by atoms with Crippen LogP contribution in [-0.2, 0) is 6.18 Å². The third kappa shape index (κ3) is 3.27. The van der Waals surface area contributed by atoms with E-state index in [4.69, 9.17) is 17.3 Å². The van der Waals surface area contributed by atoms with Gasteiger partial charge in [0.1, 0.15) is 10.2 Å². The van der Waals surface area contributed by atoms with E-state index in [2.05, 4.69) is 15.0 Å². The van der Waals surface area contributed by atoms with Gasteiger partial charge in [-0.2, -0.15) is 13.2 Å². The Morgan fingerprint density at radius 2 is 2.00 bits per heavy atom. The van der Waals surface area contributed by atoms with Crippen molar-refractivity contribution >= 4 is 29.2 Å². The van der Waals surface area contributed by atoms with E-state index in [-0.39, 0.29) is 20.9 Å². The number of pyridine rings is 1. The molecule has 0 aliphatic rings. The Balaban J connectivity index is 2.39. The van der Waals surface area contributed by atoms with Crippen LogP contribution < -0.4 is 5.73 Å². The molecule has 0 spiro atoms. The number of nitrogens with zero attached hydrogens (tertiary/aromatic N) is 3. The van der Waals surface area contributed by atoms with Gasteiger partial charge in [0.15, 0.2) is 11.5 Å². The fourth-order valence-electron chi connectivity index (χ4n) is 1.24. The van der Waals surface area contributed by atoms with Crippen LogP contribution in [0, 0.1) is 0 Å². The van der Waals surface area contributed by atoms with Crippen LogP contribution in [-0.4, -0.2) is 15.0 Å². The van der Waals surface area contributed by atoms with Gasteiger partial charge in [-0.1, -0.05) is 23.4 Å². The number of aromatic nitrogens is 3. The van der Waals surface area contributed by atoms with Gasteiger partial charge in [0.2, 0.25) is 0 Å². The summed E-state index contributed by atoms with van der Waals surface area (Å²) in [6.07, 6.45) is -2.26. The van der Waals surface area contributed by atoms with Gasteiger partial charge < -0.3 is 5.73 Å². The maximum Gasteiger partial charge on any atom is 0.434 e. The van der Waals surface area contributed by atoms with Crippen LogP contribution in [0.4, 0.5) is 19.0 Å². The second-order valence-corrected chi connectivity index (χ2v) is 4.75. The molecule has 100 valence electrons. The van der Waals surface area contributed by atoms with Crippen LogP contribution in [0.3, 0.4) is 0 Å². The standard InChI is InChI=1S/C10H6ClF3N4S/c11-6-4-17-9(8(15)18-6)19-5-2-1-3-16-7(5)10(12,13)14/h1-4H,(H2,15,18). The topological polar surface area (TPSA) is 64.7 Å². The monoisotopic (exact) mass is 306 g/mol. The molecule has 19 heavy (non-hydrogen) atoms. The minimum absolute atomic E-state index is 0.0329. The van der Waals surface area contributed by atoms with Crippen LogP contribution >= 0.6 is 23.4 Å². The van der Waals surface area contributed by atoms with E-state index in [1.165, 1.54) is 18.3 Å². The summed E-state index contributed by atoms with van der Waals surface area (Å²) in [4.78, 5) is 10.8. The number of alkyl halides is 3. The smallest absolute Gasteiger partial charge is 0.381 e. The normalized spacial score (nSPS) is 11.6. The van der Waals surface area contributed by atoms with Gasteiger partial charge in [-0.25, -0.2) is 9.97 Å². The zero-order valence-electron chi connectivity index (χ0n) is 9.15. The zero-order valence-corrected chi connectivity index (χ0v) is 10.7. The van der Waals surface area contributed by atoms with Crippen molar-refractivity contribution in [3.05, 3.63) is 35.4 Å². The lowest BCUT2D eigenvalue weighted by molar-refractivity contribution is -0.143. The summed E-state index contributed by atoms with van der Waals surface area (Å²) in [7, 11) is 0. The van der Waals surface area contributed by atoms with E-state index < -0.39 is 11.9 Å². The molecule has 0 amide bonds. The molecule has 0 aromatic carbocycles. The minimum atomic E-state index is -4.54. The lowest BCUT2D eigenvalue weighted by Gasteiger charge is -2.10. The molecule has 2 aromatic heterocycles. The average molecular weight is 307 g/mol. The van der Waals surface area contributed by atoms with Crippen LogP contribution in [0.15, 0.2) is 34.4 Å². The van der Waals surface area contributed by atoms with Crippen molar-refractivity contribution < 1.29 is 13.2 Å². The largest absolute Gasteiger partial charge is 0.434 e. The van der Waals surface area contributed by atoms with Crippen molar-refractivity contribution in [1.29, 1.82) is 0 Å². The van der Waals surface area contributed by atoms with Gasteiger partial charge in [-0.05, 0) is 12.1 Å². The number of nitrogens with two attached hydrogens (primary N) is 1. The number of halogens is 4. The van der Waals surface area contributed by atoms with Crippen LogP contribution in [0.2, 0.25) is 5.15 Å². The minimum Gasteiger partial charge on any atom is -0.381 e. The summed E-state index contributed by atoms with van der Waals surface area (Å²) in [5.74, 6) is -0.0329. The molecule has 0 bridgehead atoms. The van der Waals surface area contributed by atoms with E-state index in [0.717, 1.165) is 18.0 Å². The Kier molecular flexibility index (Phi) is 3.81. The van der Waals surface area contributed by atoms with E-state index >= 15 is 0 Å². The maximum atomic E-state index is 12.8. The van der Waals surface area contributed by atoms with E-state index in [1.807, 2.05) is 0 Å². The van der Waals surface area contributed by atoms with Crippen LogP contribution in [0.1, 0.15) is 5.69 Å². The molecule has 0 unspecified atom stereocenters. The Bertz CT molecular complexity index is 606. The number of hydrogen-bond acceptors (Lipinski definition) is 5. The molecule has 0 atom stereocenters. The molecule has 0 aliphatic carbocycles. The second kappa shape index (κ2) is 5.22. The highest BCUT2D eigenvalue weighted by Crippen LogP contribution is 2.38. The first-order chi connectivity index (χ1) is 8.88. The van der Waals surface area contributed by atoms with Gasteiger partial charge in [0.05, 0.1) is 6.20 Å². The van der Waals surface area contributed by atoms with E-state index in [9.17, 15) is 13.2 Å². The fraction of sp³-hybridized carbons (Fsp3) is 0.100. The SMILES string of the molecule is Nc1nc(Cl)cnc1Sc1cccnc1C(F)(F)F. The molecule has 2 rings (SSSR count). The highest BCUT2D eigenvalue weighted by Gasteiger charge is 2.35. The predicted molar refractivity (Wildman–Crippen MR) is 64.8 cm³/mol. The molecule has 2 N–H and O–H groups in total. The number of nitrogen functional groups attached to an aromatic ring is 1. The van der Waals surface area contributed by atoms with Crippen LogP contribution in [0.25, 0.3) is 0 Å². The Labute approximate surface area is 115 Å². The fourth-order valence-corrected chi connectivity index (χ4v) is 2.25. The third-order valence-corrected chi connectivity index (χ3v) is 3.22. The molecule has 2 heterocycles. The first kappa shape index (κ1) is 13.9. The van der Waals surface area contributed by atoms with Gasteiger partial charge in [0, 0.05) is 11.1 Å². The first-order valence-corrected chi connectivity index (χ1v) is 6.05. The van der Waals surface area contributed by atoms with Gasteiger partial charge >= 0.3 is 6.18 Å². The second-order valence-electron chi connectivity index (χ2n) is 3.33. The molecule has 0 aliphatic heterocycles. The number of rotatable bonds is 2. The summed E-state index contributed by atoms with van der Waals surface area (Å²) in [5, 5.41) is 0.215. The van der Waals surface area contributed by atoms with Gasteiger partial charge in [-0.3, -0.25) is 4.98 Å². The molecule has 9 heteroatoms. The Hall–Kier alpha value is -1.54.